The molecule has 0 unspecified atom stereocenters. The first kappa shape index (κ1) is 17.2. The molecule has 3 fully saturated rings. The number of rotatable bonds is 4. The normalized spacial score (nSPS) is 23.1. The summed E-state index contributed by atoms with van der Waals surface area (Å²) < 4.78 is 11.4. The molecule has 1 aromatic heterocycles. The quantitative estimate of drug-likeness (QED) is 0.845. The van der Waals surface area contributed by atoms with Crippen molar-refractivity contribution in [1.82, 2.24) is 9.80 Å². The predicted octanol–water partition coefficient (Wildman–Crippen LogP) is 3.33. The smallest absolute Gasteiger partial charge is 0.257 e. The largest absolute Gasteiger partial charge is 0.486 e. The standard InChI is InChI=1S/C21H26N2O3/c1-15-3-7-18(8-4-15)26-14-20-19(9-10-25-20)21(24)23-12-16-5-6-17(23)13-22(2)11-16/h3-4,7-10,16-17H,5-6,11-14H2,1-2H3/t16-,17+/m1/s1. The van der Waals surface area contributed by atoms with Crippen LogP contribution in [0.1, 0.15) is 34.5 Å². The number of furan rings is 1. The fourth-order valence-corrected chi connectivity index (χ4v) is 4.15. The van der Waals surface area contributed by atoms with Crippen molar-refractivity contribution in [2.45, 2.75) is 32.4 Å². The number of ether oxygens (including phenoxy) is 1. The van der Waals surface area contributed by atoms with Gasteiger partial charge in [-0.2, -0.15) is 0 Å². The zero-order chi connectivity index (χ0) is 18.1. The highest BCUT2D eigenvalue weighted by Gasteiger charge is 2.37. The van der Waals surface area contributed by atoms with E-state index in [9.17, 15) is 4.79 Å². The van der Waals surface area contributed by atoms with Crippen LogP contribution < -0.4 is 4.74 Å². The molecule has 5 nitrogen and oxygen atoms in total. The third-order valence-electron chi connectivity index (χ3n) is 5.52. The molecule has 26 heavy (non-hydrogen) atoms. The topological polar surface area (TPSA) is 45.9 Å². The van der Waals surface area contributed by atoms with Crippen LogP contribution in [-0.2, 0) is 6.61 Å². The first-order chi connectivity index (χ1) is 12.6. The maximum Gasteiger partial charge on any atom is 0.257 e. The summed E-state index contributed by atoms with van der Waals surface area (Å²) in [5, 5.41) is 0. The van der Waals surface area contributed by atoms with Gasteiger partial charge in [0.05, 0.1) is 11.8 Å². The van der Waals surface area contributed by atoms with Crippen LogP contribution >= 0.6 is 0 Å². The second-order valence-corrected chi connectivity index (χ2v) is 7.64. The lowest BCUT2D eigenvalue weighted by atomic mass is 9.94. The molecule has 2 atom stereocenters. The number of nitrogens with zero attached hydrogens (tertiary/aromatic N) is 2. The van der Waals surface area contributed by atoms with Crippen LogP contribution in [0.25, 0.3) is 0 Å². The van der Waals surface area contributed by atoms with Crippen molar-refractivity contribution >= 4 is 5.91 Å². The molecule has 138 valence electrons. The van der Waals surface area contributed by atoms with Gasteiger partial charge < -0.3 is 19.0 Å². The van der Waals surface area contributed by atoms with Crippen molar-refractivity contribution in [3.63, 3.8) is 0 Å². The summed E-state index contributed by atoms with van der Waals surface area (Å²) in [5.74, 6) is 2.03. The lowest BCUT2D eigenvalue weighted by molar-refractivity contribution is 0.0582. The highest BCUT2D eigenvalue weighted by molar-refractivity contribution is 5.95. The number of aryl methyl sites for hydroxylation is 1. The third kappa shape index (κ3) is 3.49. The summed E-state index contributed by atoms with van der Waals surface area (Å²) in [6.45, 7) is 5.18. The Labute approximate surface area is 154 Å². The Morgan fingerprint density at radius 1 is 1.15 bits per heavy atom. The number of hydrogen-bond acceptors (Lipinski definition) is 4. The lowest BCUT2D eigenvalue weighted by Crippen LogP contribution is -2.47. The van der Waals surface area contributed by atoms with Crippen LogP contribution in [0.3, 0.4) is 0 Å². The Bertz CT molecular complexity index is 768. The summed E-state index contributed by atoms with van der Waals surface area (Å²) in [4.78, 5) is 17.6. The van der Waals surface area contributed by atoms with E-state index in [1.54, 1.807) is 12.3 Å². The Hall–Kier alpha value is -2.27. The summed E-state index contributed by atoms with van der Waals surface area (Å²) >= 11 is 0. The maximum atomic E-state index is 13.2. The first-order valence-electron chi connectivity index (χ1n) is 9.35. The van der Waals surface area contributed by atoms with E-state index in [0.29, 0.717) is 23.3 Å². The Balaban J connectivity index is 1.47. The third-order valence-corrected chi connectivity index (χ3v) is 5.52. The van der Waals surface area contributed by atoms with E-state index < -0.39 is 0 Å². The van der Waals surface area contributed by atoms with Gasteiger partial charge >= 0.3 is 0 Å². The number of benzene rings is 1. The molecule has 2 bridgehead atoms. The van der Waals surface area contributed by atoms with Gasteiger partial charge in [0, 0.05) is 25.7 Å². The molecule has 0 N–H and O–H groups in total. The lowest BCUT2D eigenvalue weighted by Gasteiger charge is -2.36. The first-order valence-corrected chi connectivity index (χ1v) is 9.35. The number of carbonyl (C=O) groups excluding carboxylic acids is 1. The summed E-state index contributed by atoms with van der Waals surface area (Å²) in [6.07, 6.45) is 3.89. The molecule has 0 aliphatic carbocycles. The van der Waals surface area contributed by atoms with Crippen LogP contribution in [0, 0.1) is 12.8 Å². The van der Waals surface area contributed by atoms with Crippen molar-refractivity contribution in [3.05, 3.63) is 53.5 Å². The van der Waals surface area contributed by atoms with Crippen molar-refractivity contribution in [1.29, 1.82) is 0 Å². The second kappa shape index (κ2) is 7.16. The number of piperidine rings is 1. The number of fused-ring (bicyclic) bond motifs is 4. The molecule has 1 amide bonds. The molecule has 3 aliphatic rings. The monoisotopic (exact) mass is 354 g/mol. The molecule has 5 rings (SSSR count). The van der Waals surface area contributed by atoms with Gasteiger partial charge in [-0.05, 0) is 50.9 Å². The van der Waals surface area contributed by atoms with Crippen LogP contribution in [-0.4, -0.2) is 48.4 Å². The van der Waals surface area contributed by atoms with Crippen molar-refractivity contribution in [3.8, 4) is 5.75 Å². The zero-order valence-electron chi connectivity index (χ0n) is 15.5. The van der Waals surface area contributed by atoms with Crippen molar-refractivity contribution in [2.75, 3.05) is 26.7 Å². The maximum absolute atomic E-state index is 13.2. The highest BCUT2D eigenvalue weighted by atomic mass is 16.5. The average Bonchev–Trinajstić information content (AvgIpc) is 2.95. The van der Waals surface area contributed by atoms with E-state index in [1.165, 1.54) is 12.0 Å². The predicted molar refractivity (Wildman–Crippen MR) is 99.3 cm³/mol. The Kier molecular flexibility index (Phi) is 4.72. The summed E-state index contributed by atoms with van der Waals surface area (Å²) in [7, 11) is 2.15. The average molecular weight is 354 g/mol. The number of carbonyl (C=O) groups is 1. The Morgan fingerprint density at radius 3 is 2.77 bits per heavy atom. The zero-order valence-corrected chi connectivity index (χ0v) is 15.5. The molecule has 3 aliphatic heterocycles. The van der Waals surface area contributed by atoms with E-state index in [-0.39, 0.29) is 12.5 Å². The summed E-state index contributed by atoms with van der Waals surface area (Å²) in [6, 6.07) is 9.96. The van der Waals surface area contributed by atoms with E-state index in [0.717, 1.165) is 31.8 Å². The molecule has 1 aromatic carbocycles. The minimum Gasteiger partial charge on any atom is -0.486 e. The fourth-order valence-electron chi connectivity index (χ4n) is 4.15. The number of likely N-dealkylation sites (N-methyl/N-ethyl adjacent to an activating group) is 1. The van der Waals surface area contributed by atoms with Crippen LogP contribution in [0.15, 0.2) is 41.0 Å². The van der Waals surface area contributed by atoms with Gasteiger partial charge in [0.2, 0.25) is 0 Å². The fraction of sp³-hybridized carbons (Fsp3) is 0.476. The van der Waals surface area contributed by atoms with Crippen LogP contribution in [0.4, 0.5) is 0 Å². The second-order valence-electron chi connectivity index (χ2n) is 7.64. The van der Waals surface area contributed by atoms with Gasteiger partial charge in [0.15, 0.2) is 5.76 Å². The molecule has 0 saturated carbocycles. The molecular weight excluding hydrogens is 328 g/mol. The van der Waals surface area contributed by atoms with E-state index in [2.05, 4.69) is 16.8 Å². The van der Waals surface area contributed by atoms with Crippen LogP contribution in [0.2, 0.25) is 0 Å². The minimum absolute atomic E-state index is 0.0752. The SMILES string of the molecule is Cc1ccc(OCc2occc2C(=O)N2C[C@@H]3CC[C@H]2CN(C)C3)cc1. The van der Waals surface area contributed by atoms with Crippen LogP contribution in [0.5, 0.6) is 5.75 Å². The summed E-state index contributed by atoms with van der Waals surface area (Å²) in [5.41, 5.74) is 1.82. The molecule has 5 heteroatoms. The minimum atomic E-state index is 0.0752. The van der Waals surface area contributed by atoms with E-state index >= 15 is 0 Å². The van der Waals surface area contributed by atoms with Gasteiger partial charge in [0.1, 0.15) is 12.4 Å². The Morgan fingerprint density at radius 2 is 1.96 bits per heavy atom. The van der Waals surface area contributed by atoms with Gasteiger partial charge in [-0.1, -0.05) is 17.7 Å². The molecular formula is C21H26N2O3. The highest BCUT2D eigenvalue weighted by Crippen LogP contribution is 2.29. The van der Waals surface area contributed by atoms with Gasteiger partial charge in [-0.25, -0.2) is 0 Å². The van der Waals surface area contributed by atoms with E-state index in [1.807, 2.05) is 31.2 Å². The van der Waals surface area contributed by atoms with Crippen molar-refractivity contribution < 1.29 is 13.9 Å². The van der Waals surface area contributed by atoms with Gasteiger partial charge in [-0.15, -0.1) is 0 Å². The van der Waals surface area contributed by atoms with Crippen molar-refractivity contribution in [2.24, 2.45) is 5.92 Å². The molecule has 4 heterocycles. The molecule has 2 aromatic rings. The molecule has 0 radical (unpaired) electrons. The number of hydrogen-bond donors (Lipinski definition) is 0. The molecule has 0 spiro atoms. The van der Waals surface area contributed by atoms with Gasteiger partial charge in [-0.3, -0.25) is 4.79 Å². The molecule has 3 saturated heterocycles. The van der Waals surface area contributed by atoms with Gasteiger partial charge in [0.25, 0.3) is 5.91 Å². The number of amides is 1. The van der Waals surface area contributed by atoms with E-state index in [4.69, 9.17) is 9.15 Å².